The number of nitrogens with zero attached hydrogens (tertiary/aromatic N) is 1. The summed E-state index contributed by atoms with van der Waals surface area (Å²) in [5, 5.41) is 2.66. The molecule has 0 aliphatic carbocycles. The lowest BCUT2D eigenvalue weighted by atomic mass is 10.2. The smallest absolute Gasteiger partial charge is 0.281 e. The Kier molecular flexibility index (Phi) is 6.89. The number of carbonyl (C=O) groups is 2. The van der Waals surface area contributed by atoms with Gasteiger partial charge in [0.1, 0.15) is 11.5 Å². The van der Waals surface area contributed by atoms with E-state index >= 15 is 0 Å². The van der Waals surface area contributed by atoms with Crippen LogP contribution < -0.4 is 10.1 Å². The van der Waals surface area contributed by atoms with E-state index in [1.807, 2.05) is 84.9 Å². The molecular weight excluding hydrogens is 408 g/mol. The minimum absolute atomic E-state index is 0.0815. The third kappa shape index (κ3) is 5.89. The zero-order valence-electron chi connectivity index (χ0n) is 17.1. The topological polar surface area (TPSA) is 58.6 Å². The van der Waals surface area contributed by atoms with Gasteiger partial charge < -0.3 is 15.0 Å². The summed E-state index contributed by atoms with van der Waals surface area (Å²) < 4.78 is 5.82. The van der Waals surface area contributed by atoms with Gasteiger partial charge in [-0.2, -0.15) is 0 Å². The molecule has 1 N–H and O–H groups in total. The van der Waals surface area contributed by atoms with Crippen molar-refractivity contribution < 1.29 is 14.3 Å². The van der Waals surface area contributed by atoms with Gasteiger partial charge in [0.15, 0.2) is 0 Å². The molecule has 4 rings (SSSR count). The number of benzene rings is 3. The SMILES string of the molecule is O=C(NCc1ccccc1)SC1CCC(=O)N1Cc1ccc(Oc2ccccc2)cc1. The number of carbonyl (C=O) groups excluding carboxylic acids is 2. The van der Waals surface area contributed by atoms with Crippen LogP contribution in [0, 0.1) is 0 Å². The van der Waals surface area contributed by atoms with E-state index in [-0.39, 0.29) is 16.5 Å². The normalized spacial score (nSPS) is 15.7. The molecule has 1 atom stereocenters. The highest BCUT2D eigenvalue weighted by Gasteiger charge is 2.33. The van der Waals surface area contributed by atoms with Crippen LogP contribution in [0.3, 0.4) is 0 Å². The predicted octanol–water partition coefficient (Wildman–Crippen LogP) is 5.57. The molecule has 1 aliphatic heterocycles. The molecule has 0 radical (unpaired) electrons. The minimum atomic E-state index is -0.150. The molecule has 2 amide bonds. The highest BCUT2D eigenvalue weighted by atomic mass is 32.2. The summed E-state index contributed by atoms with van der Waals surface area (Å²) in [4.78, 5) is 26.6. The first-order valence-corrected chi connectivity index (χ1v) is 11.1. The van der Waals surface area contributed by atoms with Gasteiger partial charge in [-0.05, 0) is 53.6 Å². The second kappa shape index (κ2) is 10.2. The third-order valence-corrected chi connectivity index (χ3v) is 6.17. The van der Waals surface area contributed by atoms with Gasteiger partial charge in [-0.15, -0.1) is 0 Å². The van der Waals surface area contributed by atoms with Crippen molar-refractivity contribution in [3.05, 3.63) is 96.1 Å². The first kappa shape index (κ1) is 21.0. The lowest BCUT2D eigenvalue weighted by molar-refractivity contribution is -0.128. The van der Waals surface area contributed by atoms with E-state index in [2.05, 4.69) is 5.32 Å². The number of hydrogen-bond donors (Lipinski definition) is 1. The molecule has 1 saturated heterocycles. The van der Waals surface area contributed by atoms with Crippen LogP contribution in [-0.2, 0) is 17.9 Å². The van der Waals surface area contributed by atoms with Crippen molar-refractivity contribution in [1.29, 1.82) is 0 Å². The van der Waals surface area contributed by atoms with Crippen molar-refractivity contribution in [3.63, 3.8) is 0 Å². The fourth-order valence-electron chi connectivity index (χ4n) is 3.44. The van der Waals surface area contributed by atoms with Gasteiger partial charge in [0, 0.05) is 19.5 Å². The number of thioether (sulfide) groups is 1. The highest BCUT2D eigenvalue weighted by Crippen LogP contribution is 2.31. The molecular formula is C25H24N2O3S. The van der Waals surface area contributed by atoms with E-state index < -0.39 is 0 Å². The second-order valence-corrected chi connectivity index (χ2v) is 8.47. The Balaban J connectivity index is 1.32. The van der Waals surface area contributed by atoms with Crippen molar-refractivity contribution in [1.82, 2.24) is 10.2 Å². The minimum Gasteiger partial charge on any atom is -0.457 e. The Morgan fingerprint density at radius 3 is 2.26 bits per heavy atom. The van der Waals surface area contributed by atoms with Crippen LogP contribution in [-0.4, -0.2) is 21.4 Å². The van der Waals surface area contributed by atoms with Crippen LogP contribution in [0.1, 0.15) is 24.0 Å². The Hall–Kier alpha value is -3.25. The molecule has 0 saturated carbocycles. The summed E-state index contributed by atoms with van der Waals surface area (Å²) in [6.45, 7) is 0.963. The molecule has 1 fully saturated rings. The first-order valence-electron chi connectivity index (χ1n) is 10.3. The predicted molar refractivity (Wildman–Crippen MR) is 123 cm³/mol. The fourth-order valence-corrected chi connectivity index (χ4v) is 4.40. The van der Waals surface area contributed by atoms with E-state index in [0.717, 1.165) is 22.6 Å². The molecule has 3 aromatic carbocycles. The van der Waals surface area contributed by atoms with Crippen LogP contribution in [0.25, 0.3) is 0 Å². The summed E-state index contributed by atoms with van der Waals surface area (Å²) in [6.07, 6.45) is 1.15. The summed E-state index contributed by atoms with van der Waals surface area (Å²) in [5.41, 5.74) is 2.06. The maximum Gasteiger partial charge on any atom is 0.281 e. The molecule has 0 aromatic heterocycles. The molecule has 3 aromatic rings. The zero-order chi connectivity index (χ0) is 21.5. The van der Waals surface area contributed by atoms with Crippen molar-refractivity contribution in [3.8, 4) is 11.5 Å². The largest absolute Gasteiger partial charge is 0.457 e. The van der Waals surface area contributed by atoms with E-state index in [1.54, 1.807) is 4.90 Å². The monoisotopic (exact) mass is 432 g/mol. The Morgan fingerprint density at radius 1 is 0.903 bits per heavy atom. The van der Waals surface area contributed by atoms with Crippen LogP contribution in [0.4, 0.5) is 4.79 Å². The standard InChI is InChI=1S/C25H24N2O3S/c28-23-15-16-24(31-25(29)26-17-19-7-3-1-4-8-19)27(23)18-20-11-13-22(14-12-20)30-21-9-5-2-6-10-21/h1-14,24H,15-18H2,(H,26,29). The number of ether oxygens (including phenoxy) is 1. The molecule has 1 unspecified atom stereocenters. The number of amides is 2. The molecule has 0 bridgehead atoms. The van der Waals surface area contributed by atoms with E-state index in [9.17, 15) is 9.59 Å². The Labute approximate surface area is 186 Å². The summed E-state index contributed by atoms with van der Waals surface area (Å²) in [7, 11) is 0. The summed E-state index contributed by atoms with van der Waals surface area (Å²) in [5.74, 6) is 1.61. The average molecular weight is 433 g/mol. The molecule has 0 spiro atoms. The Morgan fingerprint density at radius 2 is 1.55 bits per heavy atom. The van der Waals surface area contributed by atoms with Gasteiger partial charge in [0.2, 0.25) is 5.91 Å². The van der Waals surface area contributed by atoms with Crippen molar-refractivity contribution in [2.75, 3.05) is 0 Å². The molecule has 6 heteroatoms. The van der Waals surface area contributed by atoms with Gasteiger partial charge in [0.25, 0.3) is 5.24 Å². The first-order chi connectivity index (χ1) is 15.2. The number of likely N-dealkylation sites (tertiary alicyclic amines) is 1. The maximum absolute atomic E-state index is 12.4. The van der Waals surface area contributed by atoms with Gasteiger partial charge in [-0.1, -0.05) is 60.7 Å². The third-order valence-electron chi connectivity index (χ3n) is 5.05. The molecule has 1 aliphatic rings. The lowest BCUT2D eigenvalue weighted by Gasteiger charge is -2.24. The van der Waals surface area contributed by atoms with Crippen molar-refractivity contribution in [2.24, 2.45) is 0 Å². The van der Waals surface area contributed by atoms with E-state index in [0.29, 0.717) is 25.9 Å². The number of nitrogens with one attached hydrogen (secondary N) is 1. The maximum atomic E-state index is 12.4. The fraction of sp³-hybridized carbons (Fsp3) is 0.200. The van der Waals surface area contributed by atoms with Crippen molar-refractivity contribution in [2.45, 2.75) is 31.3 Å². The van der Waals surface area contributed by atoms with Crippen LogP contribution >= 0.6 is 11.8 Å². The van der Waals surface area contributed by atoms with E-state index in [4.69, 9.17) is 4.74 Å². The zero-order valence-corrected chi connectivity index (χ0v) is 17.9. The number of hydrogen-bond acceptors (Lipinski definition) is 4. The average Bonchev–Trinajstić information content (AvgIpc) is 3.14. The number of para-hydroxylation sites is 1. The lowest BCUT2D eigenvalue weighted by Crippen LogP contribution is -2.32. The summed E-state index contributed by atoms with van der Waals surface area (Å²) >= 11 is 1.19. The van der Waals surface area contributed by atoms with Crippen LogP contribution in [0.5, 0.6) is 11.5 Å². The quantitative estimate of drug-likeness (QED) is 0.530. The molecule has 158 valence electrons. The van der Waals surface area contributed by atoms with Gasteiger partial charge in [0.05, 0.1) is 5.37 Å². The molecule has 31 heavy (non-hydrogen) atoms. The molecule has 5 nitrogen and oxygen atoms in total. The van der Waals surface area contributed by atoms with Gasteiger partial charge in [-0.3, -0.25) is 9.59 Å². The number of rotatable bonds is 7. The Bertz CT molecular complexity index is 1010. The highest BCUT2D eigenvalue weighted by molar-refractivity contribution is 8.14. The van der Waals surface area contributed by atoms with Crippen LogP contribution in [0.15, 0.2) is 84.9 Å². The van der Waals surface area contributed by atoms with Crippen molar-refractivity contribution >= 4 is 22.9 Å². The van der Waals surface area contributed by atoms with Crippen LogP contribution in [0.2, 0.25) is 0 Å². The van der Waals surface area contributed by atoms with E-state index in [1.165, 1.54) is 11.8 Å². The van der Waals surface area contributed by atoms with Gasteiger partial charge in [-0.25, -0.2) is 0 Å². The van der Waals surface area contributed by atoms with Gasteiger partial charge >= 0.3 is 0 Å². The summed E-state index contributed by atoms with van der Waals surface area (Å²) in [6, 6.07) is 27.1. The second-order valence-electron chi connectivity index (χ2n) is 7.32. The molecule has 1 heterocycles.